The Kier molecular flexibility index (Phi) is 6.49. The van der Waals surface area contributed by atoms with Crippen molar-refractivity contribution in [2.45, 2.75) is 32.7 Å². The van der Waals surface area contributed by atoms with Crippen molar-refractivity contribution >= 4 is 5.91 Å². The zero-order chi connectivity index (χ0) is 20.8. The molecule has 1 aromatic carbocycles. The van der Waals surface area contributed by atoms with E-state index in [0.717, 1.165) is 11.1 Å². The summed E-state index contributed by atoms with van der Waals surface area (Å²) in [5.41, 5.74) is 1.73. The molecule has 1 amide bonds. The van der Waals surface area contributed by atoms with Crippen LogP contribution in [-0.4, -0.2) is 20.9 Å². The smallest absolute Gasteiger partial charge is 0.251 e. The molecule has 0 fully saturated rings. The Morgan fingerprint density at radius 3 is 2.48 bits per heavy atom. The molecule has 2 heterocycles. The van der Waals surface area contributed by atoms with E-state index in [2.05, 4.69) is 20.3 Å². The number of nitrogens with one attached hydrogen (secondary N) is 2. The Labute approximate surface area is 168 Å². The molecule has 0 bridgehead atoms. The summed E-state index contributed by atoms with van der Waals surface area (Å²) in [4.78, 5) is 35.8. The van der Waals surface area contributed by atoms with Crippen molar-refractivity contribution in [3.63, 3.8) is 0 Å². The number of carbonyl (C=O) groups is 1. The maximum absolute atomic E-state index is 13.4. The summed E-state index contributed by atoms with van der Waals surface area (Å²) in [5, 5.41) is 2.99. The number of pyridine rings is 1. The molecular weight excluding hydrogens is 371 g/mol. The molecule has 3 rings (SSSR count). The SMILES string of the molecule is CC(C)CC(=O)NC(Cc1cc(=O)[nH]c(-c2ccncc2)n1)c1ccc(F)cc1. The Morgan fingerprint density at radius 2 is 1.83 bits per heavy atom. The van der Waals surface area contributed by atoms with E-state index in [-0.39, 0.29) is 23.2 Å². The molecule has 0 aliphatic rings. The van der Waals surface area contributed by atoms with Crippen LogP contribution in [0.3, 0.4) is 0 Å². The Morgan fingerprint density at radius 1 is 1.14 bits per heavy atom. The Hall–Kier alpha value is -3.35. The number of benzene rings is 1. The summed E-state index contributed by atoms with van der Waals surface area (Å²) in [7, 11) is 0. The van der Waals surface area contributed by atoms with Gasteiger partial charge in [0.05, 0.1) is 11.7 Å². The molecule has 3 aromatic rings. The standard InChI is InChI=1S/C22H23FN4O2/c1-14(2)11-20(28)26-19(15-3-5-17(23)6-4-15)12-18-13-21(29)27-22(25-18)16-7-9-24-10-8-16/h3-10,13-14,19H,11-12H2,1-2H3,(H,26,28)(H,25,27,29). The Bertz CT molecular complexity index is 1020. The third-order valence-corrected chi connectivity index (χ3v) is 4.36. The molecule has 0 aliphatic carbocycles. The molecule has 0 aliphatic heterocycles. The number of hydrogen-bond acceptors (Lipinski definition) is 4. The molecule has 2 aromatic heterocycles. The van der Waals surface area contributed by atoms with E-state index in [4.69, 9.17) is 0 Å². The number of nitrogens with zero attached hydrogens (tertiary/aromatic N) is 2. The van der Waals surface area contributed by atoms with Gasteiger partial charge in [-0.2, -0.15) is 0 Å². The Balaban J connectivity index is 1.90. The molecule has 0 saturated carbocycles. The third-order valence-electron chi connectivity index (χ3n) is 4.36. The molecular formula is C22H23FN4O2. The summed E-state index contributed by atoms with van der Waals surface area (Å²) in [6.45, 7) is 3.93. The average Bonchev–Trinajstić information content (AvgIpc) is 2.68. The number of rotatable bonds is 7. The number of carbonyl (C=O) groups excluding carboxylic acids is 1. The molecule has 1 atom stereocenters. The predicted octanol–water partition coefficient (Wildman–Crippen LogP) is 3.42. The highest BCUT2D eigenvalue weighted by molar-refractivity contribution is 5.76. The highest BCUT2D eigenvalue weighted by Crippen LogP contribution is 2.20. The molecule has 1 unspecified atom stereocenters. The zero-order valence-corrected chi connectivity index (χ0v) is 16.4. The van der Waals surface area contributed by atoms with Gasteiger partial charge in [0.2, 0.25) is 5.91 Å². The van der Waals surface area contributed by atoms with Gasteiger partial charge in [-0.1, -0.05) is 26.0 Å². The fraction of sp³-hybridized carbons (Fsp3) is 0.273. The first-order chi connectivity index (χ1) is 13.9. The molecule has 6 nitrogen and oxygen atoms in total. The van der Waals surface area contributed by atoms with Crippen molar-refractivity contribution in [1.82, 2.24) is 20.3 Å². The summed E-state index contributed by atoms with van der Waals surface area (Å²) >= 11 is 0. The summed E-state index contributed by atoms with van der Waals surface area (Å²) in [6.07, 6.45) is 3.92. The quantitative estimate of drug-likeness (QED) is 0.643. The van der Waals surface area contributed by atoms with Gasteiger partial charge in [-0.3, -0.25) is 14.6 Å². The lowest BCUT2D eigenvalue weighted by Gasteiger charge is -2.20. The fourth-order valence-corrected chi connectivity index (χ4v) is 3.04. The summed E-state index contributed by atoms with van der Waals surface area (Å²) in [5.74, 6) is 0.185. The van der Waals surface area contributed by atoms with Gasteiger partial charge in [0.15, 0.2) is 0 Å². The van der Waals surface area contributed by atoms with E-state index in [9.17, 15) is 14.0 Å². The lowest BCUT2D eigenvalue weighted by molar-refractivity contribution is -0.122. The van der Waals surface area contributed by atoms with Crippen LogP contribution in [0.1, 0.15) is 37.6 Å². The van der Waals surface area contributed by atoms with Gasteiger partial charge in [-0.15, -0.1) is 0 Å². The van der Waals surface area contributed by atoms with Crippen molar-refractivity contribution < 1.29 is 9.18 Å². The van der Waals surface area contributed by atoms with Gasteiger partial charge in [-0.05, 0) is 35.7 Å². The van der Waals surface area contributed by atoms with Crippen LogP contribution < -0.4 is 10.9 Å². The van der Waals surface area contributed by atoms with Crippen molar-refractivity contribution in [2.75, 3.05) is 0 Å². The second-order valence-corrected chi connectivity index (χ2v) is 7.29. The van der Waals surface area contributed by atoms with E-state index >= 15 is 0 Å². The monoisotopic (exact) mass is 394 g/mol. The molecule has 0 saturated heterocycles. The van der Waals surface area contributed by atoms with Gasteiger partial charge in [0.25, 0.3) is 5.56 Å². The molecule has 0 radical (unpaired) electrons. The second-order valence-electron chi connectivity index (χ2n) is 7.29. The number of amides is 1. The van der Waals surface area contributed by atoms with Gasteiger partial charge in [-0.25, -0.2) is 9.37 Å². The number of aromatic nitrogens is 3. The predicted molar refractivity (Wildman–Crippen MR) is 109 cm³/mol. The van der Waals surface area contributed by atoms with Gasteiger partial charge in [0, 0.05) is 36.9 Å². The zero-order valence-electron chi connectivity index (χ0n) is 16.4. The van der Waals surface area contributed by atoms with Crippen molar-refractivity contribution in [3.05, 3.63) is 82.3 Å². The van der Waals surface area contributed by atoms with Crippen LogP contribution in [0.5, 0.6) is 0 Å². The van der Waals surface area contributed by atoms with Crippen LogP contribution in [0.25, 0.3) is 11.4 Å². The van der Waals surface area contributed by atoms with Gasteiger partial charge >= 0.3 is 0 Å². The van der Waals surface area contributed by atoms with Crippen LogP contribution in [-0.2, 0) is 11.2 Å². The highest BCUT2D eigenvalue weighted by atomic mass is 19.1. The van der Waals surface area contributed by atoms with Gasteiger partial charge < -0.3 is 10.3 Å². The van der Waals surface area contributed by atoms with Crippen molar-refractivity contribution in [2.24, 2.45) is 5.92 Å². The average molecular weight is 394 g/mol. The first-order valence-corrected chi connectivity index (χ1v) is 9.46. The van der Waals surface area contributed by atoms with Crippen molar-refractivity contribution in [3.8, 4) is 11.4 Å². The number of H-pyrrole nitrogens is 1. The number of aromatic amines is 1. The molecule has 2 N–H and O–H groups in total. The minimum absolute atomic E-state index is 0.103. The lowest BCUT2D eigenvalue weighted by Crippen LogP contribution is -2.31. The maximum Gasteiger partial charge on any atom is 0.251 e. The van der Waals surface area contributed by atoms with E-state index in [1.807, 2.05) is 13.8 Å². The van der Waals surface area contributed by atoms with Crippen LogP contribution in [0.2, 0.25) is 0 Å². The van der Waals surface area contributed by atoms with Gasteiger partial charge in [0.1, 0.15) is 11.6 Å². The molecule has 150 valence electrons. The van der Waals surface area contributed by atoms with E-state index in [1.54, 1.807) is 36.7 Å². The number of hydrogen-bond donors (Lipinski definition) is 2. The van der Waals surface area contributed by atoms with E-state index in [1.165, 1.54) is 18.2 Å². The summed E-state index contributed by atoms with van der Waals surface area (Å²) in [6, 6.07) is 10.5. The second kappa shape index (κ2) is 9.23. The van der Waals surface area contributed by atoms with Crippen LogP contribution in [0, 0.1) is 11.7 Å². The van der Waals surface area contributed by atoms with Crippen molar-refractivity contribution in [1.29, 1.82) is 0 Å². The van der Waals surface area contributed by atoms with E-state index in [0.29, 0.717) is 24.4 Å². The topological polar surface area (TPSA) is 87.7 Å². The third kappa shape index (κ3) is 5.81. The number of halogens is 1. The molecule has 7 heteroatoms. The van der Waals surface area contributed by atoms with Crippen LogP contribution in [0.15, 0.2) is 59.7 Å². The first-order valence-electron chi connectivity index (χ1n) is 9.46. The minimum atomic E-state index is -0.429. The van der Waals surface area contributed by atoms with E-state index < -0.39 is 6.04 Å². The van der Waals surface area contributed by atoms with Crippen LogP contribution >= 0.6 is 0 Å². The molecule has 29 heavy (non-hydrogen) atoms. The van der Waals surface area contributed by atoms with Crippen LogP contribution in [0.4, 0.5) is 4.39 Å². The maximum atomic E-state index is 13.4. The fourth-order valence-electron chi connectivity index (χ4n) is 3.04. The largest absolute Gasteiger partial charge is 0.349 e. The lowest BCUT2D eigenvalue weighted by atomic mass is 10.0. The summed E-state index contributed by atoms with van der Waals surface area (Å²) < 4.78 is 13.4. The minimum Gasteiger partial charge on any atom is -0.349 e. The molecule has 0 spiro atoms. The normalized spacial score (nSPS) is 12.0. The highest BCUT2D eigenvalue weighted by Gasteiger charge is 2.18. The first kappa shape index (κ1) is 20.4.